The van der Waals surface area contributed by atoms with Crippen LogP contribution in [-0.4, -0.2) is 26.7 Å². The SMILES string of the molecule is CC[C@H](C)c1ccccc1OCC(=O)Nc1cc(OC)c(OC)cc1C. The van der Waals surface area contributed by atoms with Gasteiger partial charge in [0.2, 0.25) is 0 Å². The summed E-state index contributed by atoms with van der Waals surface area (Å²) in [7, 11) is 3.14. The van der Waals surface area contributed by atoms with Crippen molar-refractivity contribution < 1.29 is 19.0 Å². The van der Waals surface area contributed by atoms with E-state index in [2.05, 4.69) is 19.2 Å². The highest BCUT2D eigenvalue weighted by atomic mass is 16.5. The Morgan fingerprint density at radius 2 is 1.73 bits per heavy atom. The van der Waals surface area contributed by atoms with Crippen molar-refractivity contribution in [1.82, 2.24) is 0 Å². The van der Waals surface area contributed by atoms with Gasteiger partial charge >= 0.3 is 0 Å². The van der Waals surface area contributed by atoms with Crippen molar-refractivity contribution in [2.24, 2.45) is 0 Å². The Morgan fingerprint density at radius 3 is 2.38 bits per heavy atom. The van der Waals surface area contributed by atoms with Crippen molar-refractivity contribution in [1.29, 1.82) is 0 Å². The number of carbonyl (C=O) groups excluding carboxylic acids is 1. The molecule has 26 heavy (non-hydrogen) atoms. The van der Waals surface area contributed by atoms with E-state index in [0.717, 1.165) is 23.3 Å². The number of ether oxygens (including phenoxy) is 3. The van der Waals surface area contributed by atoms with E-state index in [9.17, 15) is 4.79 Å². The Morgan fingerprint density at radius 1 is 1.08 bits per heavy atom. The summed E-state index contributed by atoms with van der Waals surface area (Å²) in [5.41, 5.74) is 2.67. The zero-order valence-electron chi connectivity index (χ0n) is 16.1. The minimum absolute atomic E-state index is 0.0543. The van der Waals surface area contributed by atoms with Crippen LogP contribution in [0.15, 0.2) is 36.4 Å². The average Bonchev–Trinajstić information content (AvgIpc) is 2.67. The summed E-state index contributed by atoms with van der Waals surface area (Å²) in [6.07, 6.45) is 1.01. The van der Waals surface area contributed by atoms with Crippen molar-refractivity contribution in [2.75, 3.05) is 26.1 Å². The van der Waals surface area contributed by atoms with Crippen LogP contribution in [0.1, 0.15) is 37.3 Å². The van der Waals surface area contributed by atoms with Crippen LogP contribution < -0.4 is 19.5 Å². The van der Waals surface area contributed by atoms with E-state index >= 15 is 0 Å². The minimum Gasteiger partial charge on any atom is -0.493 e. The Labute approximate surface area is 155 Å². The van der Waals surface area contributed by atoms with Crippen molar-refractivity contribution in [3.05, 3.63) is 47.5 Å². The fraction of sp³-hybridized carbons (Fsp3) is 0.381. The first-order valence-electron chi connectivity index (χ1n) is 8.74. The molecule has 5 nitrogen and oxygen atoms in total. The number of aryl methyl sites for hydroxylation is 1. The number of rotatable bonds is 8. The van der Waals surface area contributed by atoms with Gasteiger partial charge in [0.25, 0.3) is 5.91 Å². The quantitative estimate of drug-likeness (QED) is 0.753. The number of amides is 1. The third kappa shape index (κ3) is 4.69. The summed E-state index contributed by atoms with van der Waals surface area (Å²) in [5.74, 6) is 2.10. The zero-order valence-corrected chi connectivity index (χ0v) is 16.1. The van der Waals surface area contributed by atoms with Gasteiger partial charge in [-0.05, 0) is 42.5 Å². The van der Waals surface area contributed by atoms with Gasteiger partial charge in [0.05, 0.1) is 14.2 Å². The molecule has 0 fully saturated rings. The van der Waals surface area contributed by atoms with Crippen LogP contribution in [0.25, 0.3) is 0 Å². The van der Waals surface area contributed by atoms with Crippen LogP contribution in [0.3, 0.4) is 0 Å². The maximum absolute atomic E-state index is 12.3. The van der Waals surface area contributed by atoms with Gasteiger partial charge in [0.15, 0.2) is 18.1 Å². The van der Waals surface area contributed by atoms with E-state index < -0.39 is 0 Å². The highest BCUT2D eigenvalue weighted by Gasteiger charge is 2.13. The first kappa shape index (κ1) is 19.6. The van der Waals surface area contributed by atoms with Crippen LogP contribution in [0.4, 0.5) is 5.69 Å². The minimum atomic E-state index is -0.223. The van der Waals surface area contributed by atoms with E-state index in [4.69, 9.17) is 14.2 Å². The molecule has 0 aliphatic heterocycles. The summed E-state index contributed by atoms with van der Waals surface area (Å²) >= 11 is 0. The largest absolute Gasteiger partial charge is 0.493 e. The molecule has 2 aromatic rings. The number of hydrogen-bond acceptors (Lipinski definition) is 4. The molecule has 0 saturated heterocycles. The zero-order chi connectivity index (χ0) is 19.1. The number of hydrogen-bond donors (Lipinski definition) is 1. The van der Waals surface area contributed by atoms with E-state index in [1.54, 1.807) is 20.3 Å². The second-order valence-corrected chi connectivity index (χ2v) is 6.21. The van der Waals surface area contributed by atoms with Crippen LogP contribution in [0.5, 0.6) is 17.2 Å². The normalized spacial score (nSPS) is 11.6. The maximum Gasteiger partial charge on any atom is 0.262 e. The average molecular weight is 357 g/mol. The van der Waals surface area contributed by atoms with Gasteiger partial charge in [0, 0.05) is 11.8 Å². The third-order valence-electron chi connectivity index (χ3n) is 4.43. The highest BCUT2D eigenvalue weighted by Crippen LogP contribution is 2.33. The molecule has 0 aliphatic rings. The number of methoxy groups -OCH3 is 2. The lowest BCUT2D eigenvalue weighted by atomic mass is 9.98. The van der Waals surface area contributed by atoms with Gasteiger partial charge in [0.1, 0.15) is 5.75 Å². The lowest BCUT2D eigenvalue weighted by Gasteiger charge is -2.16. The summed E-state index contributed by atoms with van der Waals surface area (Å²) in [5, 5.41) is 2.87. The third-order valence-corrected chi connectivity index (χ3v) is 4.43. The molecule has 140 valence electrons. The van der Waals surface area contributed by atoms with Crippen LogP contribution in [-0.2, 0) is 4.79 Å². The van der Waals surface area contributed by atoms with Crippen LogP contribution >= 0.6 is 0 Å². The Kier molecular flexibility index (Phi) is 6.89. The predicted octanol–water partition coefficient (Wildman–Crippen LogP) is 4.54. The number of benzene rings is 2. The molecular weight excluding hydrogens is 330 g/mol. The van der Waals surface area contributed by atoms with E-state index in [-0.39, 0.29) is 12.5 Å². The van der Waals surface area contributed by atoms with Crippen LogP contribution in [0.2, 0.25) is 0 Å². The fourth-order valence-electron chi connectivity index (χ4n) is 2.68. The standard InChI is InChI=1S/C21H27NO4/c1-6-14(2)16-9-7-8-10-18(16)26-13-21(23)22-17-12-20(25-5)19(24-4)11-15(17)3/h7-12,14H,6,13H2,1-5H3,(H,22,23)/t14-/m0/s1. The number of anilines is 1. The van der Waals surface area contributed by atoms with Gasteiger partial charge in [-0.25, -0.2) is 0 Å². The van der Waals surface area contributed by atoms with Gasteiger partial charge in [-0.1, -0.05) is 32.0 Å². The molecule has 0 bridgehead atoms. The number of para-hydroxylation sites is 1. The molecule has 0 spiro atoms. The molecule has 2 aromatic carbocycles. The van der Waals surface area contributed by atoms with Gasteiger partial charge in [-0.15, -0.1) is 0 Å². The summed E-state index contributed by atoms with van der Waals surface area (Å²) in [4.78, 5) is 12.3. The number of carbonyl (C=O) groups is 1. The highest BCUT2D eigenvalue weighted by molar-refractivity contribution is 5.93. The molecule has 0 aliphatic carbocycles. The monoisotopic (exact) mass is 357 g/mol. The summed E-state index contributed by atoms with van der Waals surface area (Å²) in [6, 6.07) is 11.4. The van der Waals surface area contributed by atoms with E-state index in [1.807, 2.05) is 37.3 Å². The second-order valence-electron chi connectivity index (χ2n) is 6.21. The van der Waals surface area contributed by atoms with Crippen molar-refractivity contribution in [2.45, 2.75) is 33.1 Å². The molecule has 0 aromatic heterocycles. The summed E-state index contributed by atoms with van der Waals surface area (Å²) < 4.78 is 16.3. The Hall–Kier alpha value is -2.69. The van der Waals surface area contributed by atoms with Gasteiger partial charge < -0.3 is 19.5 Å². The van der Waals surface area contributed by atoms with Crippen molar-refractivity contribution in [3.63, 3.8) is 0 Å². The molecule has 0 heterocycles. The molecule has 0 radical (unpaired) electrons. The van der Waals surface area contributed by atoms with Crippen LogP contribution in [0, 0.1) is 6.92 Å². The topological polar surface area (TPSA) is 56.8 Å². The Balaban J connectivity index is 2.06. The molecule has 1 atom stereocenters. The molecule has 1 amide bonds. The van der Waals surface area contributed by atoms with Crippen molar-refractivity contribution in [3.8, 4) is 17.2 Å². The molecule has 0 unspecified atom stereocenters. The molecule has 2 rings (SSSR count). The lowest BCUT2D eigenvalue weighted by Crippen LogP contribution is -2.21. The molecule has 1 N–H and O–H groups in total. The first-order chi connectivity index (χ1) is 12.5. The number of nitrogens with one attached hydrogen (secondary N) is 1. The molecular formula is C21H27NO4. The second kappa shape index (κ2) is 9.13. The maximum atomic E-state index is 12.3. The first-order valence-corrected chi connectivity index (χ1v) is 8.74. The molecule has 0 saturated carbocycles. The Bertz CT molecular complexity index is 758. The fourth-order valence-corrected chi connectivity index (χ4v) is 2.68. The summed E-state index contributed by atoms with van der Waals surface area (Å²) in [6.45, 7) is 6.13. The predicted molar refractivity (Wildman–Crippen MR) is 104 cm³/mol. The smallest absolute Gasteiger partial charge is 0.262 e. The van der Waals surface area contributed by atoms with E-state index in [1.165, 1.54) is 0 Å². The van der Waals surface area contributed by atoms with Gasteiger partial charge in [-0.3, -0.25) is 4.79 Å². The van der Waals surface area contributed by atoms with Gasteiger partial charge in [-0.2, -0.15) is 0 Å². The van der Waals surface area contributed by atoms with E-state index in [0.29, 0.717) is 23.1 Å². The lowest BCUT2D eigenvalue weighted by molar-refractivity contribution is -0.118. The molecule has 5 heteroatoms. The van der Waals surface area contributed by atoms with Crippen molar-refractivity contribution >= 4 is 11.6 Å².